The van der Waals surface area contributed by atoms with E-state index in [1.807, 2.05) is 31.2 Å². The number of rotatable bonds is 3. The summed E-state index contributed by atoms with van der Waals surface area (Å²) >= 11 is 3.28. The van der Waals surface area contributed by atoms with Crippen molar-refractivity contribution >= 4 is 37.3 Å². The molecule has 0 spiro atoms. The Morgan fingerprint density at radius 3 is 2.38 bits per heavy atom. The SMILES string of the molecule is Cc1ccc(-n2nc(Br)cc2C(=O)N=S(C)(=O)c2ccc(N)cc2)cc1. The van der Waals surface area contributed by atoms with Crippen molar-refractivity contribution in [3.8, 4) is 5.69 Å². The van der Waals surface area contributed by atoms with Crippen LogP contribution >= 0.6 is 15.9 Å². The minimum Gasteiger partial charge on any atom is -0.399 e. The van der Waals surface area contributed by atoms with E-state index in [4.69, 9.17) is 5.73 Å². The minimum absolute atomic E-state index is 0.228. The standard InChI is InChI=1S/C18H17BrN4O2S/c1-12-3-7-14(8-4-12)23-16(11-17(19)21-23)18(24)22-26(2,25)15-9-5-13(20)6-10-15/h3-11H,20H2,1-2H3. The molecule has 0 radical (unpaired) electrons. The summed E-state index contributed by atoms with van der Waals surface area (Å²) in [6, 6.07) is 15.6. The van der Waals surface area contributed by atoms with E-state index >= 15 is 0 Å². The number of hydrogen-bond donors (Lipinski definition) is 1. The second kappa shape index (κ2) is 7.05. The average Bonchev–Trinajstić information content (AvgIpc) is 2.97. The van der Waals surface area contributed by atoms with Crippen molar-refractivity contribution < 1.29 is 9.00 Å². The Labute approximate surface area is 160 Å². The molecule has 2 aromatic carbocycles. The van der Waals surface area contributed by atoms with Gasteiger partial charge in [0.05, 0.1) is 15.4 Å². The molecule has 134 valence electrons. The first kappa shape index (κ1) is 18.3. The van der Waals surface area contributed by atoms with Crippen molar-refractivity contribution in [2.75, 3.05) is 12.0 Å². The number of hydrogen-bond acceptors (Lipinski definition) is 4. The van der Waals surface area contributed by atoms with Crippen molar-refractivity contribution in [3.05, 3.63) is 70.5 Å². The fraction of sp³-hybridized carbons (Fsp3) is 0.111. The Bertz CT molecular complexity index is 1080. The van der Waals surface area contributed by atoms with Gasteiger partial charge in [-0.25, -0.2) is 8.89 Å². The molecule has 1 heterocycles. The molecule has 0 bridgehead atoms. The third-order valence-electron chi connectivity index (χ3n) is 3.75. The third-order valence-corrected chi connectivity index (χ3v) is 5.80. The maximum Gasteiger partial charge on any atom is 0.304 e. The zero-order valence-electron chi connectivity index (χ0n) is 14.2. The summed E-state index contributed by atoms with van der Waals surface area (Å²) in [5.74, 6) is -0.604. The summed E-state index contributed by atoms with van der Waals surface area (Å²) < 4.78 is 18.8. The van der Waals surface area contributed by atoms with Crippen LogP contribution in [-0.4, -0.2) is 26.2 Å². The van der Waals surface area contributed by atoms with Gasteiger partial charge in [-0.2, -0.15) is 9.46 Å². The van der Waals surface area contributed by atoms with Crippen LogP contribution in [0, 0.1) is 6.92 Å². The third kappa shape index (κ3) is 3.86. The van der Waals surface area contributed by atoms with E-state index in [-0.39, 0.29) is 5.69 Å². The lowest BCUT2D eigenvalue weighted by Gasteiger charge is -2.07. The van der Waals surface area contributed by atoms with Crippen molar-refractivity contribution in [2.24, 2.45) is 4.36 Å². The number of aromatic nitrogens is 2. The molecule has 0 saturated carbocycles. The lowest BCUT2D eigenvalue weighted by molar-refractivity contribution is 0.0997. The average molecular weight is 433 g/mol. The fourth-order valence-corrected chi connectivity index (χ4v) is 3.90. The number of anilines is 1. The van der Waals surface area contributed by atoms with Gasteiger partial charge in [0.15, 0.2) is 0 Å². The lowest BCUT2D eigenvalue weighted by Crippen LogP contribution is -2.10. The highest BCUT2D eigenvalue weighted by atomic mass is 79.9. The molecule has 2 N–H and O–H groups in total. The Kier molecular flexibility index (Phi) is 4.97. The van der Waals surface area contributed by atoms with E-state index in [2.05, 4.69) is 25.4 Å². The first-order valence-corrected chi connectivity index (χ1v) is 10.4. The van der Waals surface area contributed by atoms with E-state index in [0.29, 0.717) is 15.2 Å². The number of carbonyl (C=O) groups excluding carboxylic acids is 1. The highest BCUT2D eigenvalue weighted by Gasteiger charge is 2.18. The van der Waals surface area contributed by atoms with Crippen molar-refractivity contribution in [1.82, 2.24) is 9.78 Å². The van der Waals surface area contributed by atoms with Crippen LogP contribution < -0.4 is 5.73 Å². The van der Waals surface area contributed by atoms with Gasteiger partial charge < -0.3 is 5.73 Å². The Hall–Kier alpha value is -2.45. The molecule has 0 saturated heterocycles. The van der Waals surface area contributed by atoms with Crippen LogP contribution in [0.15, 0.2) is 68.5 Å². The van der Waals surface area contributed by atoms with Gasteiger partial charge in [0.1, 0.15) is 10.3 Å². The van der Waals surface area contributed by atoms with Gasteiger partial charge in [-0.3, -0.25) is 4.79 Å². The molecule has 1 atom stereocenters. The molecule has 3 rings (SSSR count). The monoisotopic (exact) mass is 432 g/mol. The van der Waals surface area contributed by atoms with E-state index in [1.54, 1.807) is 30.3 Å². The van der Waals surface area contributed by atoms with Gasteiger partial charge in [0, 0.05) is 22.9 Å². The molecule has 6 nitrogen and oxygen atoms in total. The predicted octanol–water partition coefficient (Wildman–Crippen LogP) is 3.82. The zero-order valence-corrected chi connectivity index (χ0v) is 16.6. The van der Waals surface area contributed by atoms with Crippen LogP contribution in [0.4, 0.5) is 5.69 Å². The van der Waals surface area contributed by atoms with Gasteiger partial charge in [-0.05, 0) is 59.3 Å². The van der Waals surface area contributed by atoms with E-state index < -0.39 is 15.6 Å². The van der Waals surface area contributed by atoms with Crippen LogP contribution in [0.1, 0.15) is 16.1 Å². The number of nitrogens with zero attached hydrogens (tertiary/aromatic N) is 3. The summed E-state index contributed by atoms with van der Waals surface area (Å²) in [4.78, 5) is 13.2. The number of nitrogen functional groups attached to an aromatic ring is 1. The lowest BCUT2D eigenvalue weighted by atomic mass is 10.2. The number of halogens is 1. The van der Waals surface area contributed by atoms with Gasteiger partial charge in [0.2, 0.25) is 0 Å². The molecule has 0 aliphatic heterocycles. The van der Waals surface area contributed by atoms with Crippen molar-refractivity contribution in [2.45, 2.75) is 11.8 Å². The number of nitrogens with two attached hydrogens (primary N) is 1. The molecule has 1 unspecified atom stereocenters. The first-order valence-electron chi connectivity index (χ1n) is 7.71. The van der Waals surface area contributed by atoms with Crippen LogP contribution in [0.2, 0.25) is 0 Å². The largest absolute Gasteiger partial charge is 0.399 e. The van der Waals surface area contributed by atoms with E-state index in [9.17, 15) is 9.00 Å². The molecule has 26 heavy (non-hydrogen) atoms. The summed E-state index contributed by atoms with van der Waals surface area (Å²) in [6.07, 6.45) is 1.43. The van der Waals surface area contributed by atoms with Crippen LogP contribution in [-0.2, 0) is 9.73 Å². The summed E-state index contributed by atoms with van der Waals surface area (Å²) in [7, 11) is -2.91. The molecule has 0 fully saturated rings. The molecule has 0 aliphatic rings. The number of amides is 1. The van der Waals surface area contributed by atoms with E-state index in [1.165, 1.54) is 10.9 Å². The van der Waals surface area contributed by atoms with Gasteiger partial charge >= 0.3 is 5.91 Å². The maximum atomic E-state index is 12.9. The molecule has 3 aromatic rings. The highest BCUT2D eigenvalue weighted by molar-refractivity contribution is 9.10. The summed E-state index contributed by atoms with van der Waals surface area (Å²) in [5.41, 5.74) is 8.25. The maximum absolute atomic E-state index is 12.9. The quantitative estimate of drug-likeness (QED) is 0.636. The number of benzene rings is 2. The second-order valence-electron chi connectivity index (χ2n) is 5.87. The van der Waals surface area contributed by atoms with Gasteiger partial charge in [-0.1, -0.05) is 17.7 Å². The first-order chi connectivity index (χ1) is 12.3. The predicted molar refractivity (Wildman–Crippen MR) is 106 cm³/mol. The Morgan fingerprint density at radius 1 is 1.15 bits per heavy atom. The molecule has 1 amide bonds. The molecule has 8 heteroatoms. The summed E-state index contributed by atoms with van der Waals surface area (Å²) in [5, 5.41) is 4.29. The minimum atomic E-state index is -2.91. The molecular weight excluding hydrogens is 416 g/mol. The Balaban J connectivity index is 2.04. The normalized spacial score (nSPS) is 13.2. The molecule has 1 aromatic heterocycles. The van der Waals surface area contributed by atoms with E-state index in [0.717, 1.165) is 11.3 Å². The van der Waals surface area contributed by atoms with Gasteiger partial charge in [-0.15, -0.1) is 0 Å². The van der Waals surface area contributed by atoms with Gasteiger partial charge in [0.25, 0.3) is 0 Å². The molecule has 0 aliphatic carbocycles. The van der Waals surface area contributed by atoms with Crippen LogP contribution in [0.5, 0.6) is 0 Å². The fourth-order valence-electron chi connectivity index (χ4n) is 2.37. The van der Waals surface area contributed by atoms with Crippen molar-refractivity contribution in [1.29, 1.82) is 0 Å². The Morgan fingerprint density at radius 2 is 1.77 bits per heavy atom. The molecular formula is C18H17BrN4O2S. The van der Waals surface area contributed by atoms with Crippen molar-refractivity contribution in [3.63, 3.8) is 0 Å². The number of carbonyl (C=O) groups is 1. The zero-order chi connectivity index (χ0) is 18.9. The summed E-state index contributed by atoms with van der Waals surface area (Å²) in [6.45, 7) is 1.98. The smallest absolute Gasteiger partial charge is 0.304 e. The number of aryl methyl sites for hydroxylation is 1. The van der Waals surface area contributed by atoms with Crippen LogP contribution in [0.25, 0.3) is 5.69 Å². The topological polar surface area (TPSA) is 90.3 Å². The highest BCUT2D eigenvalue weighted by Crippen LogP contribution is 2.20. The van der Waals surface area contributed by atoms with Crippen LogP contribution in [0.3, 0.4) is 0 Å². The second-order valence-corrected chi connectivity index (χ2v) is 8.94.